The van der Waals surface area contributed by atoms with E-state index in [9.17, 15) is 9.59 Å². The highest BCUT2D eigenvalue weighted by Crippen LogP contribution is 2.45. The van der Waals surface area contributed by atoms with E-state index in [-0.39, 0.29) is 24.0 Å². The van der Waals surface area contributed by atoms with Crippen molar-refractivity contribution < 1.29 is 32.6 Å². The predicted molar refractivity (Wildman–Crippen MR) is 118 cm³/mol. The van der Waals surface area contributed by atoms with Gasteiger partial charge in [-0.05, 0) is 37.1 Å². The summed E-state index contributed by atoms with van der Waals surface area (Å²) in [4.78, 5) is 26.3. The number of hydrogen-bond donors (Lipinski definition) is 0. The molecule has 7 nitrogen and oxygen atoms in total. The van der Waals surface area contributed by atoms with Crippen molar-refractivity contribution in [1.82, 2.24) is 0 Å². The van der Waals surface area contributed by atoms with Crippen LogP contribution < -0.4 is 0 Å². The summed E-state index contributed by atoms with van der Waals surface area (Å²) < 4.78 is 27.6. The van der Waals surface area contributed by atoms with Gasteiger partial charge in [-0.2, -0.15) is 0 Å². The van der Waals surface area contributed by atoms with E-state index in [2.05, 4.69) is 0 Å². The molecule has 0 N–H and O–H groups in total. The summed E-state index contributed by atoms with van der Waals surface area (Å²) in [6.45, 7) is 6.17. The second kappa shape index (κ2) is 10.9. The smallest absolute Gasteiger partial charge is 0.376 e. The number of carbonyl (C=O) groups is 2. The first kappa shape index (κ1) is 23.4. The van der Waals surface area contributed by atoms with Crippen molar-refractivity contribution in [2.24, 2.45) is 5.92 Å². The molecule has 0 amide bonds. The van der Waals surface area contributed by atoms with Crippen LogP contribution in [-0.2, 0) is 35.3 Å². The summed E-state index contributed by atoms with van der Waals surface area (Å²) in [7, 11) is 0. The Morgan fingerprint density at radius 1 is 1.13 bits per heavy atom. The van der Waals surface area contributed by atoms with Gasteiger partial charge in [-0.3, -0.25) is 0 Å². The van der Waals surface area contributed by atoms with E-state index >= 15 is 0 Å². The van der Waals surface area contributed by atoms with Crippen molar-refractivity contribution in [1.29, 1.82) is 0 Å². The maximum Gasteiger partial charge on any atom is 0.376 e. The minimum atomic E-state index is -1.58. The number of esters is 2. The number of hydrogen-bond acceptors (Lipinski definition) is 9. The summed E-state index contributed by atoms with van der Waals surface area (Å²) in [5.74, 6) is 1.57. The SMILES string of the molecule is CCOC(=O)C1(CSCc2ccco2)OC(=O)C(OCC(C)C)=C1SCc1ccco1. The van der Waals surface area contributed by atoms with Gasteiger partial charge in [-0.1, -0.05) is 13.8 Å². The molecule has 168 valence electrons. The zero-order chi connectivity index (χ0) is 22.3. The molecule has 1 aliphatic heterocycles. The first-order chi connectivity index (χ1) is 15.0. The van der Waals surface area contributed by atoms with Crippen molar-refractivity contribution in [3.63, 3.8) is 0 Å². The average molecular weight is 467 g/mol. The first-order valence-electron chi connectivity index (χ1n) is 9.99. The first-order valence-corrected chi connectivity index (χ1v) is 12.1. The van der Waals surface area contributed by atoms with Crippen molar-refractivity contribution in [3.8, 4) is 0 Å². The molecule has 0 bridgehead atoms. The molecule has 1 unspecified atom stereocenters. The maximum absolute atomic E-state index is 13.1. The van der Waals surface area contributed by atoms with Crippen LogP contribution in [0.2, 0.25) is 0 Å². The molecule has 3 heterocycles. The third kappa shape index (κ3) is 5.71. The summed E-state index contributed by atoms with van der Waals surface area (Å²) in [6, 6.07) is 7.27. The van der Waals surface area contributed by atoms with Crippen LogP contribution in [-0.4, -0.2) is 36.5 Å². The van der Waals surface area contributed by atoms with Gasteiger partial charge < -0.3 is 23.0 Å². The molecule has 3 rings (SSSR count). The average Bonchev–Trinajstić information content (AvgIpc) is 3.47. The highest BCUT2D eigenvalue weighted by molar-refractivity contribution is 8.02. The topological polar surface area (TPSA) is 88.1 Å². The lowest BCUT2D eigenvalue weighted by Gasteiger charge is -2.27. The molecule has 0 saturated carbocycles. The van der Waals surface area contributed by atoms with Gasteiger partial charge in [0.05, 0.1) is 47.9 Å². The Morgan fingerprint density at radius 2 is 1.81 bits per heavy atom. The Kier molecular flexibility index (Phi) is 8.20. The summed E-state index contributed by atoms with van der Waals surface area (Å²) in [5, 5.41) is 0. The van der Waals surface area contributed by atoms with Crippen LogP contribution in [0.4, 0.5) is 0 Å². The van der Waals surface area contributed by atoms with Gasteiger partial charge in [0.25, 0.3) is 5.60 Å². The molecule has 1 aliphatic rings. The van der Waals surface area contributed by atoms with E-state index in [1.54, 1.807) is 31.6 Å². The molecule has 1 atom stereocenters. The fraction of sp³-hybridized carbons (Fsp3) is 0.455. The molecule has 2 aromatic heterocycles. The van der Waals surface area contributed by atoms with Gasteiger partial charge in [-0.25, -0.2) is 9.59 Å². The molecule has 0 radical (unpaired) electrons. The molecular weight excluding hydrogens is 440 g/mol. The molecule has 0 aliphatic carbocycles. The normalized spacial score (nSPS) is 18.5. The minimum absolute atomic E-state index is 0.0666. The van der Waals surface area contributed by atoms with Crippen molar-refractivity contribution in [2.45, 2.75) is 37.9 Å². The Balaban J connectivity index is 1.90. The quantitative estimate of drug-likeness (QED) is 0.410. The Bertz CT molecular complexity index is 887. The summed E-state index contributed by atoms with van der Waals surface area (Å²) in [6.07, 6.45) is 3.17. The Labute approximate surface area is 189 Å². The third-order valence-corrected chi connectivity index (χ3v) is 6.59. The maximum atomic E-state index is 13.1. The number of thioether (sulfide) groups is 2. The molecule has 0 saturated heterocycles. The molecule has 9 heteroatoms. The fourth-order valence-corrected chi connectivity index (χ4v) is 5.17. The van der Waals surface area contributed by atoms with Gasteiger partial charge in [0.2, 0.25) is 5.76 Å². The van der Waals surface area contributed by atoms with E-state index in [0.717, 1.165) is 5.76 Å². The summed E-state index contributed by atoms with van der Waals surface area (Å²) in [5.41, 5.74) is -1.58. The van der Waals surface area contributed by atoms with E-state index in [1.807, 2.05) is 26.0 Å². The van der Waals surface area contributed by atoms with Crippen LogP contribution in [0.15, 0.2) is 56.3 Å². The predicted octanol–water partition coefficient (Wildman–Crippen LogP) is 4.78. The van der Waals surface area contributed by atoms with E-state index in [0.29, 0.717) is 28.8 Å². The van der Waals surface area contributed by atoms with Gasteiger partial charge in [0.15, 0.2) is 0 Å². The van der Waals surface area contributed by atoms with Gasteiger partial charge >= 0.3 is 11.9 Å². The third-order valence-electron chi connectivity index (χ3n) is 4.26. The molecule has 0 fully saturated rings. The highest BCUT2D eigenvalue weighted by Gasteiger charge is 2.56. The number of carbonyl (C=O) groups excluding carboxylic acids is 2. The largest absolute Gasteiger partial charge is 0.486 e. The standard InChI is InChI=1S/C22H26O7S2/c1-4-25-21(24)22(14-30-12-16-7-5-9-26-16)19(31-13-17-8-6-10-27-17)18(20(23)29-22)28-11-15(2)3/h5-10,15H,4,11-14H2,1-3H3. The second-order valence-electron chi connectivity index (χ2n) is 7.24. The second-order valence-corrected chi connectivity index (χ2v) is 9.21. The van der Waals surface area contributed by atoms with Gasteiger partial charge in [0, 0.05) is 0 Å². The number of cyclic esters (lactones) is 1. The molecule has 0 aromatic carbocycles. The van der Waals surface area contributed by atoms with Crippen LogP contribution >= 0.6 is 23.5 Å². The van der Waals surface area contributed by atoms with E-state index < -0.39 is 17.5 Å². The van der Waals surface area contributed by atoms with Crippen molar-refractivity contribution >= 4 is 35.5 Å². The number of furan rings is 2. The minimum Gasteiger partial charge on any atom is -0.486 e. The van der Waals surface area contributed by atoms with Crippen LogP contribution in [0.1, 0.15) is 32.3 Å². The van der Waals surface area contributed by atoms with Gasteiger partial charge in [-0.15, -0.1) is 23.5 Å². The van der Waals surface area contributed by atoms with Crippen LogP contribution in [0.25, 0.3) is 0 Å². The van der Waals surface area contributed by atoms with Crippen molar-refractivity contribution in [2.75, 3.05) is 19.0 Å². The Morgan fingerprint density at radius 3 is 2.39 bits per heavy atom. The van der Waals surface area contributed by atoms with Crippen LogP contribution in [0, 0.1) is 5.92 Å². The molecule has 2 aromatic rings. The molecule has 0 spiro atoms. The summed E-state index contributed by atoms with van der Waals surface area (Å²) >= 11 is 2.71. The van der Waals surface area contributed by atoms with E-state index in [4.69, 9.17) is 23.0 Å². The van der Waals surface area contributed by atoms with Crippen LogP contribution in [0.5, 0.6) is 0 Å². The van der Waals surface area contributed by atoms with Crippen molar-refractivity contribution in [3.05, 3.63) is 59.0 Å². The van der Waals surface area contributed by atoms with Crippen LogP contribution in [0.3, 0.4) is 0 Å². The lowest BCUT2D eigenvalue weighted by molar-refractivity contribution is -0.170. The molecule has 31 heavy (non-hydrogen) atoms. The highest BCUT2D eigenvalue weighted by atomic mass is 32.2. The lowest BCUT2D eigenvalue weighted by atomic mass is 10.1. The van der Waals surface area contributed by atoms with E-state index in [1.165, 1.54) is 23.5 Å². The van der Waals surface area contributed by atoms with Gasteiger partial charge in [0.1, 0.15) is 11.5 Å². The Hall–Kier alpha value is -2.26. The fourth-order valence-electron chi connectivity index (χ4n) is 2.85. The number of ether oxygens (including phenoxy) is 3. The number of rotatable bonds is 12. The lowest BCUT2D eigenvalue weighted by Crippen LogP contribution is -2.44. The zero-order valence-corrected chi connectivity index (χ0v) is 19.4. The zero-order valence-electron chi connectivity index (χ0n) is 17.8. The molecular formula is C22H26O7S2. The monoisotopic (exact) mass is 466 g/mol.